The first-order chi connectivity index (χ1) is 15.6. The predicted octanol–water partition coefficient (Wildman–Crippen LogP) is 4.36. The van der Waals surface area contributed by atoms with Crippen LogP contribution in [0.4, 0.5) is 9.18 Å². The number of alkyl carbamates (subject to hydrolysis) is 1. The lowest BCUT2D eigenvalue weighted by Crippen LogP contribution is -2.32. The average molecular weight is 440 g/mol. The van der Waals surface area contributed by atoms with Gasteiger partial charge in [-0.05, 0) is 50.5 Å². The molecule has 2 aromatic rings. The van der Waals surface area contributed by atoms with Gasteiger partial charge in [0, 0.05) is 24.8 Å². The van der Waals surface area contributed by atoms with E-state index in [1.807, 2.05) is 19.1 Å². The zero-order chi connectivity index (χ0) is 22.1. The number of amides is 1. The van der Waals surface area contributed by atoms with Crippen LogP contribution in [0.25, 0.3) is 11.4 Å². The molecule has 8 nitrogen and oxygen atoms in total. The molecule has 0 aromatic carbocycles. The first kappa shape index (κ1) is 20.7. The number of hydrogen-bond acceptors (Lipinski definition) is 6. The number of halogens is 1. The first-order valence-electron chi connectivity index (χ1n) is 10.9. The molecule has 9 heteroatoms. The molecule has 3 aliphatic rings. The van der Waals surface area contributed by atoms with E-state index in [1.165, 1.54) is 6.07 Å². The van der Waals surface area contributed by atoms with Crippen LogP contribution < -0.4 is 10.1 Å². The number of hydrogen-bond donors (Lipinski definition) is 1. The van der Waals surface area contributed by atoms with Crippen molar-refractivity contribution in [1.29, 1.82) is 0 Å². The number of carbonyl (C=O) groups excluding carboxylic acids is 1. The summed E-state index contributed by atoms with van der Waals surface area (Å²) in [7, 11) is 0. The molecule has 0 saturated carbocycles. The second kappa shape index (κ2) is 8.74. The molecule has 0 radical (unpaired) electrons. The van der Waals surface area contributed by atoms with Crippen molar-refractivity contribution in [1.82, 2.24) is 20.1 Å². The fourth-order valence-corrected chi connectivity index (χ4v) is 4.23. The normalized spacial score (nSPS) is 24.2. The molecule has 1 amide bonds. The minimum atomic E-state index is -0.574. The number of nitrogens with one attached hydrogen (secondary N) is 1. The van der Waals surface area contributed by atoms with Gasteiger partial charge in [0.2, 0.25) is 0 Å². The maximum atomic E-state index is 15.1. The van der Waals surface area contributed by atoms with Crippen LogP contribution in [0.1, 0.15) is 56.1 Å². The third-order valence-corrected chi connectivity index (χ3v) is 5.80. The summed E-state index contributed by atoms with van der Waals surface area (Å²) < 4.78 is 33.9. The highest BCUT2D eigenvalue weighted by atomic mass is 19.1. The Hall–Kier alpha value is -3.20. The van der Waals surface area contributed by atoms with Crippen molar-refractivity contribution in [2.45, 2.75) is 57.6 Å². The summed E-state index contributed by atoms with van der Waals surface area (Å²) in [4.78, 5) is 17.1. The van der Waals surface area contributed by atoms with Gasteiger partial charge < -0.3 is 19.5 Å². The van der Waals surface area contributed by atoms with Crippen LogP contribution in [-0.2, 0) is 16.1 Å². The quantitative estimate of drug-likeness (QED) is 0.709. The van der Waals surface area contributed by atoms with E-state index in [0.29, 0.717) is 35.7 Å². The monoisotopic (exact) mass is 440 g/mol. The Bertz CT molecular complexity index is 1080. The number of cyclic esters (lactones) is 1. The topological polar surface area (TPSA) is 87.5 Å². The molecule has 5 rings (SSSR count). The van der Waals surface area contributed by atoms with Crippen molar-refractivity contribution in [2.24, 2.45) is 0 Å². The maximum absolute atomic E-state index is 15.1. The van der Waals surface area contributed by atoms with Crippen molar-refractivity contribution in [3.05, 3.63) is 53.6 Å². The number of aromatic nitrogens is 3. The van der Waals surface area contributed by atoms with Crippen LogP contribution in [-0.4, -0.2) is 33.6 Å². The van der Waals surface area contributed by atoms with Crippen molar-refractivity contribution >= 4 is 6.09 Å². The highest BCUT2D eigenvalue weighted by Crippen LogP contribution is 2.35. The minimum Gasteiger partial charge on any atom is -0.488 e. The highest BCUT2D eigenvalue weighted by Gasteiger charge is 2.29. The summed E-state index contributed by atoms with van der Waals surface area (Å²) in [5.41, 5.74) is 2.33. The molecule has 1 fully saturated rings. The van der Waals surface area contributed by atoms with Crippen LogP contribution in [0.15, 0.2) is 36.5 Å². The van der Waals surface area contributed by atoms with Gasteiger partial charge in [0.25, 0.3) is 0 Å². The standard InChI is InChI=1S/C23H25FN4O4/c1-14-11-19-16-12-20(32-14)17(24)8-9-28(21-7-2-3-10-30-21)27-22(16)18-6-4-5-15(25-18)13-31-23(29)26-19/h4-6,8-9,12,14,19,21H,2-3,7,10-11,13H2,1H3,(H,26,29)/t14-,19?,21?/m1/s1. The first-order valence-corrected chi connectivity index (χ1v) is 10.9. The molecule has 32 heavy (non-hydrogen) atoms. The summed E-state index contributed by atoms with van der Waals surface area (Å²) in [6.07, 6.45) is 3.51. The number of rotatable bonds is 1. The third kappa shape index (κ3) is 4.25. The lowest BCUT2D eigenvalue weighted by Gasteiger charge is -2.25. The second-order valence-electron chi connectivity index (χ2n) is 8.23. The van der Waals surface area contributed by atoms with E-state index < -0.39 is 18.0 Å². The zero-order valence-electron chi connectivity index (χ0n) is 17.8. The maximum Gasteiger partial charge on any atom is 0.408 e. The van der Waals surface area contributed by atoms with E-state index in [2.05, 4.69) is 10.3 Å². The Morgan fingerprint density at radius 3 is 3.00 bits per heavy atom. The van der Waals surface area contributed by atoms with Gasteiger partial charge in [-0.3, -0.25) is 0 Å². The van der Waals surface area contributed by atoms with Gasteiger partial charge in [-0.1, -0.05) is 6.07 Å². The Kier molecular flexibility index (Phi) is 5.65. The third-order valence-electron chi connectivity index (χ3n) is 5.80. The SMILES string of the molecule is C[C@@H]1CC2NC(=O)OCc3cccc(n3)-c3nn(C4CCCCO4)ccc(F)c(cc32)O1. The number of nitrogens with zero attached hydrogens (tertiary/aromatic N) is 3. The van der Waals surface area contributed by atoms with E-state index in [0.717, 1.165) is 19.3 Å². The minimum absolute atomic E-state index is 0.0416. The molecule has 3 atom stereocenters. The van der Waals surface area contributed by atoms with Gasteiger partial charge in [-0.15, -0.1) is 0 Å². The molecule has 3 aliphatic heterocycles. The Morgan fingerprint density at radius 2 is 2.16 bits per heavy atom. The number of carbonyl (C=O) groups is 1. The van der Waals surface area contributed by atoms with Crippen molar-refractivity contribution in [2.75, 3.05) is 6.61 Å². The number of fused-ring (bicyclic) bond motifs is 4. The van der Waals surface area contributed by atoms with E-state index >= 15 is 4.39 Å². The van der Waals surface area contributed by atoms with Crippen LogP contribution in [0.2, 0.25) is 0 Å². The van der Waals surface area contributed by atoms with E-state index in [-0.39, 0.29) is 24.7 Å². The van der Waals surface area contributed by atoms with Gasteiger partial charge in [-0.25, -0.2) is 18.9 Å². The molecule has 168 valence electrons. The smallest absolute Gasteiger partial charge is 0.408 e. The molecular weight excluding hydrogens is 415 g/mol. The molecule has 1 saturated heterocycles. The Labute approximate surface area is 185 Å². The largest absolute Gasteiger partial charge is 0.488 e. The predicted molar refractivity (Wildman–Crippen MR) is 113 cm³/mol. The van der Waals surface area contributed by atoms with Gasteiger partial charge >= 0.3 is 6.09 Å². The fraction of sp³-hybridized carbons (Fsp3) is 0.435. The van der Waals surface area contributed by atoms with E-state index in [9.17, 15) is 4.79 Å². The van der Waals surface area contributed by atoms with Gasteiger partial charge in [-0.2, -0.15) is 5.10 Å². The lowest BCUT2D eigenvalue weighted by molar-refractivity contribution is -0.0401. The number of ether oxygens (including phenoxy) is 3. The molecule has 0 aliphatic carbocycles. The molecule has 2 unspecified atom stereocenters. The van der Waals surface area contributed by atoms with Crippen LogP contribution in [0.3, 0.4) is 0 Å². The van der Waals surface area contributed by atoms with Crippen LogP contribution in [0.5, 0.6) is 5.75 Å². The van der Waals surface area contributed by atoms with Crippen molar-refractivity contribution in [3.8, 4) is 17.1 Å². The highest BCUT2D eigenvalue weighted by molar-refractivity contribution is 5.70. The summed E-state index contributed by atoms with van der Waals surface area (Å²) in [5.74, 6) is -0.433. The molecule has 1 N–H and O–H groups in total. The van der Waals surface area contributed by atoms with Crippen LogP contribution in [0, 0.1) is 5.82 Å². The van der Waals surface area contributed by atoms with Crippen LogP contribution >= 0.6 is 0 Å². The van der Waals surface area contributed by atoms with Gasteiger partial charge in [0.15, 0.2) is 11.6 Å². The second-order valence-corrected chi connectivity index (χ2v) is 8.23. The molecule has 2 aromatic heterocycles. The lowest BCUT2D eigenvalue weighted by atomic mass is 9.99. The summed E-state index contributed by atoms with van der Waals surface area (Å²) >= 11 is 0. The number of pyridine rings is 1. The van der Waals surface area contributed by atoms with Gasteiger partial charge in [0.05, 0.1) is 23.5 Å². The molecule has 4 bridgehead atoms. The summed E-state index contributed by atoms with van der Waals surface area (Å²) in [6, 6.07) is 7.91. The summed E-state index contributed by atoms with van der Waals surface area (Å²) in [5, 5.41) is 7.80. The van der Waals surface area contributed by atoms with Gasteiger partial charge in [0.1, 0.15) is 18.5 Å². The fourth-order valence-electron chi connectivity index (χ4n) is 4.23. The molecule has 0 spiro atoms. The Morgan fingerprint density at radius 1 is 1.25 bits per heavy atom. The van der Waals surface area contributed by atoms with Crippen molar-refractivity contribution < 1.29 is 23.4 Å². The van der Waals surface area contributed by atoms with Crippen molar-refractivity contribution in [3.63, 3.8) is 0 Å². The van der Waals surface area contributed by atoms with E-state index in [4.69, 9.17) is 19.3 Å². The van der Waals surface area contributed by atoms with E-state index in [1.54, 1.807) is 23.0 Å². The summed E-state index contributed by atoms with van der Waals surface area (Å²) in [6.45, 7) is 2.50. The average Bonchev–Trinajstić information content (AvgIpc) is 2.91. The Balaban J connectivity index is 1.82. The molecular formula is C23H25FN4O4. The molecule has 5 heterocycles. The zero-order valence-corrected chi connectivity index (χ0v) is 17.8.